The molecule has 23 heavy (non-hydrogen) atoms. The van der Waals surface area contributed by atoms with Gasteiger partial charge in [-0.2, -0.15) is 0 Å². The van der Waals surface area contributed by atoms with Crippen LogP contribution in [0.4, 0.5) is 4.39 Å². The maximum absolute atomic E-state index is 13.3. The first-order valence-corrected chi connectivity index (χ1v) is 8.19. The van der Waals surface area contributed by atoms with E-state index >= 15 is 0 Å². The summed E-state index contributed by atoms with van der Waals surface area (Å²) in [6, 6.07) is 5.08. The molecule has 0 spiro atoms. The first-order valence-electron chi connectivity index (χ1n) is 8.19. The summed E-state index contributed by atoms with van der Waals surface area (Å²) in [6.45, 7) is 3.81. The van der Waals surface area contributed by atoms with Gasteiger partial charge in [0.1, 0.15) is 5.82 Å². The number of likely N-dealkylation sites (N-methyl/N-ethyl adjacent to an activating group) is 1. The zero-order chi connectivity index (χ0) is 16.6. The number of H-pyrrole nitrogens is 1. The van der Waals surface area contributed by atoms with Crippen LogP contribution >= 0.6 is 0 Å². The SMILES string of the molecule is CCC1CN(C(=O)Cc2c[nH]c3cc(F)ccc23)CC1N(C)C. The van der Waals surface area contributed by atoms with E-state index < -0.39 is 0 Å². The summed E-state index contributed by atoms with van der Waals surface area (Å²) in [5, 5.41) is 0.926. The van der Waals surface area contributed by atoms with Crippen LogP contribution in [-0.4, -0.2) is 53.9 Å². The minimum Gasteiger partial charge on any atom is -0.361 e. The van der Waals surface area contributed by atoms with Crippen LogP contribution in [-0.2, 0) is 11.2 Å². The van der Waals surface area contributed by atoms with Crippen LogP contribution in [0.2, 0.25) is 0 Å². The second-order valence-corrected chi connectivity index (χ2v) is 6.68. The number of fused-ring (bicyclic) bond motifs is 1. The summed E-state index contributed by atoms with van der Waals surface area (Å²) < 4.78 is 13.3. The Kier molecular flexibility index (Phi) is 4.39. The molecule has 0 saturated carbocycles. The van der Waals surface area contributed by atoms with Crippen LogP contribution in [0, 0.1) is 11.7 Å². The van der Waals surface area contributed by atoms with E-state index in [2.05, 4.69) is 30.9 Å². The lowest BCUT2D eigenvalue weighted by atomic mass is 10.0. The van der Waals surface area contributed by atoms with E-state index in [1.807, 2.05) is 11.1 Å². The molecule has 0 aliphatic carbocycles. The van der Waals surface area contributed by atoms with Crippen LogP contribution in [0.1, 0.15) is 18.9 Å². The molecule has 1 fully saturated rings. The monoisotopic (exact) mass is 317 g/mol. The maximum Gasteiger partial charge on any atom is 0.227 e. The summed E-state index contributed by atoms with van der Waals surface area (Å²) >= 11 is 0. The first kappa shape index (κ1) is 16.0. The molecule has 5 heteroatoms. The number of halogens is 1. The third kappa shape index (κ3) is 3.11. The minimum absolute atomic E-state index is 0.151. The van der Waals surface area contributed by atoms with Gasteiger partial charge in [-0.25, -0.2) is 4.39 Å². The first-order chi connectivity index (χ1) is 11.0. The van der Waals surface area contributed by atoms with Crippen LogP contribution in [0.5, 0.6) is 0 Å². The van der Waals surface area contributed by atoms with E-state index in [9.17, 15) is 9.18 Å². The molecule has 1 aliphatic rings. The fourth-order valence-electron chi connectivity index (χ4n) is 3.62. The molecule has 2 heterocycles. The molecule has 1 amide bonds. The fraction of sp³-hybridized carbons (Fsp3) is 0.500. The predicted octanol–water partition coefficient (Wildman–Crippen LogP) is 2.65. The Morgan fingerprint density at radius 3 is 2.83 bits per heavy atom. The van der Waals surface area contributed by atoms with Crippen LogP contribution in [0.15, 0.2) is 24.4 Å². The van der Waals surface area contributed by atoms with Crippen LogP contribution in [0.25, 0.3) is 10.9 Å². The molecule has 2 unspecified atom stereocenters. The van der Waals surface area contributed by atoms with Gasteiger partial charge in [0, 0.05) is 36.2 Å². The zero-order valence-electron chi connectivity index (χ0n) is 14.0. The number of benzene rings is 1. The second-order valence-electron chi connectivity index (χ2n) is 6.68. The van der Waals surface area contributed by atoms with Gasteiger partial charge in [-0.15, -0.1) is 0 Å². The van der Waals surface area contributed by atoms with Gasteiger partial charge < -0.3 is 14.8 Å². The lowest BCUT2D eigenvalue weighted by Crippen LogP contribution is -2.36. The highest BCUT2D eigenvalue weighted by Gasteiger charge is 2.35. The highest BCUT2D eigenvalue weighted by atomic mass is 19.1. The molecule has 4 nitrogen and oxygen atoms in total. The Labute approximate surface area is 136 Å². The normalized spacial score (nSPS) is 21.5. The van der Waals surface area contributed by atoms with Gasteiger partial charge in [-0.05, 0) is 43.8 Å². The molecule has 1 aliphatic heterocycles. The molecular formula is C18H24FN3O. The van der Waals surface area contributed by atoms with Gasteiger partial charge in [0.15, 0.2) is 0 Å². The van der Waals surface area contributed by atoms with Crippen molar-refractivity contribution in [2.24, 2.45) is 5.92 Å². The lowest BCUT2D eigenvalue weighted by molar-refractivity contribution is -0.129. The average Bonchev–Trinajstić information content (AvgIpc) is 3.11. The van der Waals surface area contributed by atoms with Gasteiger partial charge in [0.05, 0.1) is 6.42 Å². The third-order valence-corrected chi connectivity index (χ3v) is 5.02. The molecule has 0 bridgehead atoms. The van der Waals surface area contributed by atoms with E-state index in [-0.39, 0.29) is 11.7 Å². The van der Waals surface area contributed by atoms with Crippen molar-refractivity contribution in [2.45, 2.75) is 25.8 Å². The number of aromatic amines is 1. The zero-order valence-corrected chi connectivity index (χ0v) is 14.0. The smallest absolute Gasteiger partial charge is 0.227 e. The average molecular weight is 317 g/mol. The number of amides is 1. The molecule has 2 atom stereocenters. The Morgan fingerprint density at radius 1 is 1.39 bits per heavy atom. The van der Waals surface area contributed by atoms with Crippen molar-refractivity contribution >= 4 is 16.8 Å². The number of likely N-dealkylation sites (tertiary alicyclic amines) is 1. The Balaban J connectivity index is 1.74. The predicted molar refractivity (Wildman–Crippen MR) is 89.8 cm³/mol. The quantitative estimate of drug-likeness (QED) is 0.941. The molecule has 1 aromatic carbocycles. The van der Waals surface area contributed by atoms with Crippen molar-refractivity contribution in [3.63, 3.8) is 0 Å². The molecule has 1 N–H and O–H groups in total. The molecular weight excluding hydrogens is 293 g/mol. The van der Waals surface area contributed by atoms with Crippen molar-refractivity contribution in [1.29, 1.82) is 0 Å². The number of carbonyl (C=O) groups is 1. The topological polar surface area (TPSA) is 39.3 Å². The van der Waals surface area contributed by atoms with Gasteiger partial charge in [-0.1, -0.05) is 13.3 Å². The molecule has 1 aromatic heterocycles. The molecule has 0 radical (unpaired) electrons. The Bertz CT molecular complexity index is 709. The van der Waals surface area contributed by atoms with Crippen LogP contribution < -0.4 is 0 Å². The summed E-state index contributed by atoms with van der Waals surface area (Å²) in [4.78, 5) is 19.9. The maximum atomic E-state index is 13.3. The molecule has 124 valence electrons. The van der Waals surface area contributed by atoms with Crippen molar-refractivity contribution in [3.8, 4) is 0 Å². The summed E-state index contributed by atoms with van der Waals surface area (Å²) in [5.41, 5.74) is 1.68. The molecule has 2 aromatic rings. The molecule has 3 rings (SSSR count). The highest BCUT2D eigenvalue weighted by Crippen LogP contribution is 2.25. The number of hydrogen-bond acceptors (Lipinski definition) is 2. The lowest BCUT2D eigenvalue weighted by Gasteiger charge is -2.23. The minimum atomic E-state index is -0.267. The van der Waals surface area contributed by atoms with E-state index in [1.165, 1.54) is 12.1 Å². The fourth-order valence-corrected chi connectivity index (χ4v) is 3.62. The number of nitrogens with one attached hydrogen (secondary N) is 1. The van der Waals surface area contributed by atoms with Gasteiger partial charge in [-0.3, -0.25) is 4.79 Å². The van der Waals surface area contributed by atoms with Gasteiger partial charge >= 0.3 is 0 Å². The van der Waals surface area contributed by atoms with Crippen molar-refractivity contribution in [3.05, 3.63) is 35.8 Å². The van der Waals surface area contributed by atoms with Crippen molar-refractivity contribution in [1.82, 2.24) is 14.8 Å². The second kappa shape index (κ2) is 6.32. The number of nitrogens with zero attached hydrogens (tertiary/aromatic N) is 2. The third-order valence-electron chi connectivity index (χ3n) is 5.02. The van der Waals surface area contributed by atoms with Crippen molar-refractivity contribution < 1.29 is 9.18 Å². The van der Waals surface area contributed by atoms with E-state index in [1.54, 1.807) is 6.07 Å². The number of aromatic nitrogens is 1. The van der Waals surface area contributed by atoms with Crippen molar-refractivity contribution in [2.75, 3.05) is 27.2 Å². The number of hydrogen-bond donors (Lipinski definition) is 1. The van der Waals surface area contributed by atoms with E-state index in [0.717, 1.165) is 36.0 Å². The standard InChI is InChI=1S/C18H24FN3O/c1-4-12-10-22(11-17(12)21(2)3)18(23)7-13-9-20-16-8-14(19)5-6-15(13)16/h5-6,8-9,12,17,20H,4,7,10-11H2,1-3H3. The summed E-state index contributed by atoms with van der Waals surface area (Å²) in [7, 11) is 4.16. The summed E-state index contributed by atoms with van der Waals surface area (Å²) in [6.07, 6.45) is 3.26. The summed E-state index contributed by atoms with van der Waals surface area (Å²) in [5.74, 6) is 0.417. The Hall–Kier alpha value is -1.88. The number of carbonyl (C=O) groups excluding carboxylic acids is 1. The largest absolute Gasteiger partial charge is 0.361 e. The van der Waals surface area contributed by atoms with E-state index in [0.29, 0.717) is 18.4 Å². The van der Waals surface area contributed by atoms with E-state index in [4.69, 9.17) is 0 Å². The molecule has 1 saturated heterocycles. The van der Waals surface area contributed by atoms with Gasteiger partial charge in [0.2, 0.25) is 5.91 Å². The highest BCUT2D eigenvalue weighted by molar-refractivity contribution is 5.89. The number of rotatable bonds is 4. The van der Waals surface area contributed by atoms with Gasteiger partial charge in [0.25, 0.3) is 0 Å². The van der Waals surface area contributed by atoms with Crippen LogP contribution in [0.3, 0.4) is 0 Å². The Morgan fingerprint density at radius 2 is 2.17 bits per heavy atom.